The Kier molecular flexibility index (Phi) is 6.83. The fourth-order valence-corrected chi connectivity index (χ4v) is 9.72. The van der Waals surface area contributed by atoms with E-state index in [1.165, 1.54) is 30.6 Å². The van der Waals surface area contributed by atoms with Gasteiger partial charge in [0.25, 0.3) is 0 Å². The highest BCUT2D eigenvalue weighted by Gasteiger charge is 2.20. The molecule has 7 aromatic carbocycles. The Morgan fingerprint density at radius 2 is 1.02 bits per heavy atom. The van der Waals surface area contributed by atoms with E-state index in [1.807, 2.05) is 35.6 Å². The van der Waals surface area contributed by atoms with Gasteiger partial charge in [0, 0.05) is 47.6 Å². The van der Waals surface area contributed by atoms with Gasteiger partial charge in [-0.05, 0) is 41.5 Å². The summed E-state index contributed by atoms with van der Waals surface area (Å²) in [4.78, 5) is 20.5. The maximum absolute atomic E-state index is 5.28. The van der Waals surface area contributed by atoms with Crippen LogP contribution in [-0.2, 0) is 0 Å². The van der Waals surface area contributed by atoms with Gasteiger partial charge in [-0.2, -0.15) is 9.97 Å². The van der Waals surface area contributed by atoms with Crippen LogP contribution in [0, 0.1) is 0 Å². The summed E-state index contributed by atoms with van der Waals surface area (Å²) in [7, 11) is 0. The van der Waals surface area contributed by atoms with Crippen molar-refractivity contribution >= 4 is 74.9 Å². The zero-order valence-corrected chi connectivity index (χ0v) is 29.8. The summed E-state index contributed by atoms with van der Waals surface area (Å²) in [5, 5.41) is 5.71. The number of hydrogen-bond donors (Lipinski definition) is 0. The van der Waals surface area contributed by atoms with Gasteiger partial charge in [-0.1, -0.05) is 133 Å². The predicted octanol–water partition coefficient (Wildman–Crippen LogP) is 12.6. The lowest BCUT2D eigenvalue weighted by Gasteiger charge is -2.11. The van der Waals surface area contributed by atoms with Crippen molar-refractivity contribution in [3.8, 4) is 50.4 Å². The van der Waals surface area contributed by atoms with E-state index in [9.17, 15) is 0 Å². The first-order valence-electron chi connectivity index (χ1n) is 17.5. The molecule has 248 valence electrons. The van der Waals surface area contributed by atoms with E-state index in [4.69, 9.17) is 19.9 Å². The molecule has 0 saturated carbocycles. The number of hydrogen-bond acceptors (Lipinski definition) is 6. The summed E-state index contributed by atoms with van der Waals surface area (Å²) >= 11 is 3.55. The third-order valence-corrected chi connectivity index (χ3v) is 12.2. The Balaban J connectivity index is 1.09. The monoisotopic (exact) mass is 713 g/mol. The molecule has 0 atom stereocenters. The van der Waals surface area contributed by atoms with E-state index >= 15 is 0 Å². The molecule has 0 saturated heterocycles. The second kappa shape index (κ2) is 12.0. The number of thiazole rings is 1. The molecule has 4 aromatic heterocycles. The van der Waals surface area contributed by atoms with Gasteiger partial charge in [-0.25, -0.2) is 9.97 Å². The van der Waals surface area contributed by atoms with E-state index < -0.39 is 0 Å². The first kappa shape index (κ1) is 30.1. The van der Waals surface area contributed by atoms with Crippen molar-refractivity contribution in [2.75, 3.05) is 0 Å². The molecule has 0 amide bonds. The van der Waals surface area contributed by atoms with Crippen molar-refractivity contribution < 1.29 is 0 Å². The third-order valence-electron chi connectivity index (χ3n) is 9.94. The summed E-state index contributed by atoms with van der Waals surface area (Å²) in [5.74, 6) is 1.88. The lowest BCUT2D eigenvalue weighted by Crippen LogP contribution is -2.06. The van der Waals surface area contributed by atoms with Crippen LogP contribution in [0.4, 0.5) is 0 Å². The van der Waals surface area contributed by atoms with Gasteiger partial charge in [0.2, 0.25) is 5.95 Å². The van der Waals surface area contributed by atoms with Crippen molar-refractivity contribution in [3.63, 3.8) is 0 Å². The van der Waals surface area contributed by atoms with Crippen LogP contribution in [0.25, 0.3) is 103 Å². The minimum atomic E-state index is 0.594. The topological polar surface area (TPSA) is 56.5 Å². The van der Waals surface area contributed by atoms with Crippen LogP contribution in [0.2, 0.25) is 0 Å². The highest BCUT2D eigenvalue weighted by molar-refractivity contribution is 7.26. The molecule has 7 heteroatoms. The highest BCUT2D eigenvalue weighted by atomic mass is 32.1. The molecule has 0 radical (unpaired) electrons. The van der Waals surface area contributed by atoms with E-state index in [1.54, 1.807) is 11.3 Å². The zero-order chi connectivity index (χ0) is 34.9. The molecular weight excluding hydrogens is 687 g/mol. The molecular formula is C46H27N5S2. The lowest BCUT2D eigenvalue weighted by molar-refractivity contribution is 0.954. The van der Waals surface area contributed by atoms with E-state index in [-0.39, 0.29) is 0 Å². The maximum Gasteiger partial charge on any atom is 0.238 e. The van der Waals surface area contributed by atoms with Crippen molar-refractivity contribution in [2.24, 2.45) is 0 Å². The number of para-hydroxylation sites is 3. The van der Waals surface area contributed by atoms with E-state index in [0.29, 0.717) is 17.6 Å². The molecule has 0 spiro atoms. The first-order valence-corrected chi connectivity index (χ1v) is 19.1. The molecule has 0 aliphatic rings. The number of benzene rings is 7. The Labute approximate surface area is 312 Å². The van der Waals surface area contributed by atoms with Crippen LogP contribution < -0.4 is 0 Å². The fourth-order valence-electron chi connectivity index (χ4n) is 7.49. The number of rotatable bonds is 5. The highest BCUT2D eigenvalue weighted by Crippen LogP contribution is 2.44. The fraction of sp³-hybridized carbons (Fsp3) is 0. The largest absolute Gasteiger partial charge is 0.278 e. The molecule has 11 rings (SSSR count). The second-order valence-electron chi connectivity index (χ2n) is 13.0. The summed E-state index contributed by atoms with van der Waals surface area (Å²) in [6.45, 7) is 0. The van der Waals surface area contributed by atoms with Crippen LogP contribution in [-0.4, -0.2) is 24.5 Å². The number of nitrogens with zero attached hydrogens (tertiary/aromatic N) is 5. The standard InChI is InChI=1S/C46H27N5S2/c1-2-12-29(13-3-1)43-48-44(50-46(49-43)51-37-20-7-4-14-32(37)33-15-5-8-21-38(33)51)35-18-11-23-40-41(35)34-17-10-16-31(42(34)52-40)28-24-26-30(27-25-28)45-47-36-19-6-9-22-39(36)53-45/h1-27H. The molecule has 0 fully saturated rings. The maximum atomic E-state index is 5.28. The molecule has 0 aliphatic carbocycles. The van der Waals surface area contributed by atoms with Gasteiger partial charge in [0.05, 0.1) is 21.3 Å². The van der Waals surface area contributed by atoms with Crippen molar-refractivity contribution in [2.45, 2.75) is 0 Å². The lowest BCUT2D eigenvalue weighted by atomic mass is 10.00. The second-order valence-corrected chi connectivity index (χ2v) is 15.1. The van der Waals surface area contributed by atoms with Gasteiger partial charge >= 0.3 is 0 Å². The Hall–Kier alpha value is -6.54. The molecule has 0 aliphatic heterocycles. The van der Waals surface area contributed by atoms with E-state index in [2.05, 4.69) is 144 Å². The van der Waals surface area contributed by atoms with Crippen molar-refractivity contribution in [1.29, 1.82) is 0 Å². The Morgan fingerprint density at radius 1 is 0.396 bits per heavy atom. The first-order chi connectivity index (χ1) is 26.3. The van der Waals surface area contributed by atoms with Crippen molar-refractivity contribution in [3.05, 3.63) is 164 Å². The average Bonchev–Trinajstić information content (AvgIpc) is 3.93. The van der Waals surface area contributed by atoms with Gasteiger partial charge in [-0.3, -0.25) is 4.57 Å². The summed E-state index contributed by atoms with van der Waals surface area (Å²) in [5.41, 5.74) is 8.59. The molecule has 0 unspecified atom stereocenters. The van der Waals surface area contributed by atoms with Gasteiger partial charge in [0.1, 0.15) is 5.01 Å². The van der Waals surface area contributed by atoms with Crippen LogP contribution in [0.5, 0.6) is 0 Å². The van der Waals surface area contributed by atoms with Gasteiger partial charge < -0.3 is 0 Å². The zero-order valence-electron chi connectivity index (χ0n) is 28.1. The van der Waals surface area contributed by atoms with Crippen LogP contribution >= 0.6 is 22.7 Å². The summed E-state index contributed by atoms with van der Waals surface area (Å²) < 4.78 is 5.80. The van der Waals surface area contributed by atoms with Crippen LogP contribution in [0.1, 0.15) is 0 Å². The van der Waals surface area contributed by atoms with Gasteiger partial charge in [0.15, 0.2) is 11.6 Å². The number of thiophene rings is 1. The number of fused-ring (bicyclic) bond motifs is 7. The molecule has 4 heterocycles. The number of aromatic nitrogens is 5. The summed E-state index contributed by atoms with van der Waals surface area (Å²) in [6, 6.07) is 57.3. The smallest absolute Gasteiger partial charge is 0.238 e. The summed E-state index contributed by atoms with van der Waals surface area (Å²) in [6.07, 6.45) is 0. The minimum absolute atomic E-state index is 0.594. The molecule has 53 heavy (non-hydrogen) atoms. The van der Waals surface area contributed by atoms with Gasteiger partial charge in [-0.15, -0.1) is 22.7 Å². The van der Waals surface area contributed by atoms with Crippen molar-refractivity contribution in [1.82, 2.24) is 24.5 Å². The van der Waals surface area contributed by atoms with E-state index in [0.717, 1.165) is 54.4 Å². The molecule has 0 N–H and O–H groups in total. The molecule has 11 aromatic rings. The quantitative estimate of drug-likeness (QED) is 0.178. The van der Waals surface area contributed by atoms with Crippen LogP contribution in [0.3, 0.4) is 0 Å². The minimum Gasteiger partial charge on any atom is -0.278 e. The molecule has 5 nitrogen and oxygen atoms in total. The normalized spacial score (nSPS) is 11.8. The SMILES string of the molecule is c1ccc(-c2nc(-c3cccc4sc5c(-c6ccc(-c7nc8ccccc8s7)cc6)cccc5c34)nc(-n3c4ccccc4c4ccccc43)n2)cc1. The third kappa shape index (κ3) is 4.89. The van der Waals surface area contributed by atoms with Crippen LogP contribution in [0.15, 0.2) is 164 Å². The Bertz CT molecular complexity index is 3090. The Morgan fingerprint density at radius 3 is 1.81 bits per heavy atom. The predicted molar refractivity (Wildman–Crippen MR) is 222 cm³/mol. The molecule has 0 bridgehead atoms. The average molecular weight is 714 g/mol.